The van der Waals surface area contributed by atoms with Crippen molar-refractivity contribution in [2.75, 3.05) is 0 Å². The van der Waals surface area contributed by atoms with Crippen LogP contribution in [0, 0.1) is 0 Å². The summed E-state index contributed by atoms with van der Waals surface area (Å²) in [5.74, 6) is 0. The first-order valence-electron chi connectivity index (χ1n) is 18.4. The van der Waals surface area contributed by atoms with Gasteiger partial charge in [-0.3, -0.25) is 9.20 Å². The molecule has 0 bridgehead atoms. The minimum absolute atomic E-state index is 0.0125. The van der Waals surface area contributed by atoms with Gasteiger partial charge in [0.2, 0.25) is 0 Å². The second-order valence-electron chi connectivity index (χ2n) is 14.5. The van der Waals surface area contributed by atoms with Crippen LogP contribution in [0.1, 0.15) is 0 Å². The first-order valence-corrected chi connectivity index (χ1v) is 18.4. The van der Waals surface area contributed by atoms with Gasteiger partial charge < -0.3 is 13.5 Å². The molecule has 8 aromatic carbocycles. The van der Waals surface area contributed by atoms with Crippen LogP contribution in [0.3, 0.4) is 0 Å². The van der Waals surface area contributed by atoms with Crippen molar-refractivity contribution in [3.63, 3.8) is 0 Å². The molecule has 0 aliphatic carbocycles. The molecule has 5 aromatic heterocycles. The molecule has 0 fully saturated rings. The van der Waals surface area contributed by atoms with Crippen LogP contribution in [0.4, 0.5) is 0 Å². The largest absolute Gasteiger partial charge is 0.309 e. The topological polar surface area (TPSA) is 35.8 Å². The van der Waals surface area contributed by atoms with E-state index >= 15 is 0 Å². The van der Waals surface area contributed by atoms with Gasteiger partial charge in [0, 0.05) is 54.5 Å². The highest BCUT2D eigenvalue weighted by Gasteiger charge is 2.23. The number of hydrogen-bond acceptors (Lipinski definition) is 1. The zero-order valence-electron chi connectivity index (χ0n) is 28.9. The molecule has 0 N–H and O–H groups in total. The molecule has 0 aliphatic heterocycles. The molecule has 0 atom stereocenters. The summed E-state index contributed by atoms with van der Waals surface area (Å²) in [5, 5.41) is 10.0. The number of para-hydroxylation sites is 5. The lowest BCUT2D eigenvalue weighted by atomic mass is 10.1. The van der Waals surface area contributed by atoms with E-state index in [1.807, 2.05) is 22.6 Å². The predicted octanol–water partition coefficient (Wildman–Crippen LogP) is 11.8. The third kappa shape index (κ3) is 3.38. The normalized spacial score (nSPS) is 12.5. The highest BCUT2D eigenvalue weighted by atomic mass is 16.1. The monoisotopic (exact) mass is 688 g/mol. The summed E-state index contributed by atoms with van der Waals surface area (Å²) in [7, 11) is 0. The molecule has 0 radical (unpaired) electrons. The van der Waals surface area contributed by atoms with E-state index in [0.29, 0.717) is 5.39 Å². The van der Waals surface area contributed by atoms with Gasteiger partial charge in [0.05, 0.1) is 55.0 Å². The minimum Gasteiger partial charge on any atom is -0.309 e. The standard InChI is InChI=1S/C49H28N4O/c54-49-37-15-5-10-20-44(37)52-45-25-21-29(50-40-16-6-1-11-31(40)32-12-2-7-17-41(32)50)27-38(45)35-23-24-36-39-28-30(22-26-46(39)53(49)48(36)47(35)52)51-42-18-8-3-13-33(42)34-14-4-9-19-43(34)51/h1-28H. The van der Waals surface area contributed by atoms with Crippen molar-refractivity contribution in [2.45, 2.75) is 0 Å². The zero-order valence-corrected chi connectivity index (χ0v) is 28.9. The summed E-state index contributed by atoms with van der Waals surface area (Å²) in [6, 6.07) is 60.4. The third-order valence-electron chi connectivity index (χ3n) is 11.9. The van der Waals surface area contributed by atoms with E-state index in [1.165, 1.54) is 32.6 Å². The average molecular weight is 689 g/mol. The Morgan fingerprint density at radius 2 is 0.630 bits per heavy atom. The Labute approximate surface area is 306 Å². The maximum atomic E-state index is 14.8. The number of benzene rings is 8. The van der Waals surface area contributed by atoms with Crippen molar-refractivity contribution in [1.29, 1.82) is 0 Å². The van der Waals surface area contributed by atoms with Crippen LogP contribution in [0.25, 0.3) is 110 Å². The highest BCUT2D eigenvalue weighted by Crippen LogP contribution is 2.42. The molecule has 13 aromatic rings. The Balaban J connectivity index is 1.17. The van der Waals surface area contributed by atoms with Gasteiger partial charge in [0.1, 0.15) is 0 Å². The maximum absolute atomic E-state index is 14.8. The maximum Gasteiger partial charge on any atom is 0.265 e. The summed E-state index contributed by atoms with van der Waals surface area (Å²) < 4.78 is 9.02. The Hall–Kier alpha value is -7.37. The summed E-state index contributed by atoms with van der Waals surface area (Å²) in [4.78, 5) is 14.8. The number of aromatic nitrogens is 4. The first kappa shape index (κ1) is 28.2. The Morgan fingerprint density at radius 1 is 0.278 bits per heavy atom. The Kier molecular flexibility index (Phi) is 5.20. The quantitative estimate of drug-likeness (QED) is 0.178. The molecule has 5 nitrogen and oxygen atoms in total. The van der Waals surface area contributed by atoms with Crippen LogP contribution < -0.4 is 5.56 Å². The lowest BCUT2D eigenvalue weighted by molar-refractivity contribution is 1.18. The van der Waals surface area contributed by atoms with E-state index in [-0.39, 0.29) is 5.56 Å². The molecule has 0 unspecified atom stereocenters. The van der Waals surface area contributed by atoms with E-state index in [4.69, 9.17) is 0 Å². The van der Waals surface area contributed by atoms with Gasteiger partial charge in [-0.2, -0.15) is 0 Å². The summed E-state index contributed by atoms with van der Waals surface area (Å²) >= 11 is 0. The van der Waals surface area contributed by atoms with E-state index in [0.717, 1.165) is 71.5 Å². The lowest BCUT2D eigenvalue weighted by Crippen LogP contribution is -2.09. The molecule has 5 heteroatoms. The highest BCUT2D eigenvalue weighted by molar-refractivity contribution is 6.24. The molecule has 5 heterocycles. The smallest absolute Gasteiger partial charge is 0.265 e. The second kappa shape index (κ2) is 9.94. The molecule has 0 saturated heterocycles. The molecule has 0 spiro atoms. The van der Waals surface area contributed by atoms with Gasteiger partial charge in [0.15, 0.2) is 0 Å². The third-order valence-corrected chi connectivity index (χ3v) is 11.9. The van der Waals surface area contributed by atoms with Crippen LogP contribution in [0.5, 0.6) is 0 Å². The van der Waals surface area contributed by atoms with E-state index in [9.17, 15) is 4.79 Å². The van der Waals surface area contributed by atoms with Gasteiger partial charge in [-0.05, 0) is 72.8 Å². The summed E-state index contributed by atoms with van der Waals surface area (Å²) in [6.45, 7) is 0. The van der Waals surface area contributed by atoms with Crippen molar-refractivity contribution in [2.24, 2.45) is 0 Å². The minimum atomic E-state index is -0.0125. The number of fused-ring (bicyclic) bond motifs is 14. The van der Waals surface area contributed by atoms with Crippen molar-refractivity contribution < 1.29 is 0 Å². The van der Waals surface area contributed by atoms with Gasteiger partial charge in [-0.1, -0.05) is 97.1 Å². The average Bonchev–Trinajstić information content (AvgIpc) is 3.93. The van der Waals surface area contributed by atoms with E-state index in [1.54, 1.807) is 0 Å². The van der Waals surface area contributed by atoms with Crippen molar-refractivity contribution in [3.8, 4) is 11.4 Å². The fourth-order valence-corrected chi connectivity index (χ4v) is 9.69. The fraction of sp³-hybridized carbons (Fsp3) is 0. The lowest BCUT2D eigenvalue weighted by Gasteiger charge is -2.08. The first-order chi connectivity index (χ1) is 26.7. The van der Waals surface area contributed by atoms with Gasteiger partial charge in [-0.25, -0.2) is 0 Å². The van der Waals surface area contributed by atoms with Crippen molar-refractivity contribution >= 4 is 98.1 Å². The van der Waals surface area contributed by atoms with E-state index < -0.39 is 0 Å². The van der Waals surface area contributed by atoms with Crippen LogP contribution in [-0.2, 0) is 0 Å². The molecule has 0 amide bonds. The zero-order chi connectivity index (χ0) is 35.2. The van der Waals surface area contributed by atoms with Crippen LogP contribution in [0.2, 0.25) is 0 Å². The summed E-state index contributed by atoms with van der Waals surface area (Å²) in [6.07, 6.45) is 0. The van der Waals surface area contributed by atoms with E-state index in [2.05, 4.69) is 165 Å². The fourth-order valence-electron chi connectivity index (χ4n) is 9.69. The SMILES string of the molecule is O=c1c2ccccc2n2c3ccc(-n4c5ccccc5c5ccccc54)cc3c3ccc4c5cc(-n6c7ccccc7c7ccccc76)ccc5n1c4c32. The second-order valence-corrected chi connectivity index (χ2v) is 14.5. The molecular formula is C49H28N4O. The van der Waals surface area contributed by atoms with Crippen LogP contribution in [-0.4, -0.2) is 17.9 Å². The number of rotatable bonds is 2. The van der Waals surface area contributed by atoms with Gasteiger partial charge in [-0.15, -0.1) is 0 Å². The molecule has 0 saturated carbocycles. The number of hydrogen-bond donors (Lipinski definition) is 0. The van der Waals surface area contributed by atoms with Crippen LogP contribution >= 0.6 is 0 Å². The van der Waals surface area contributed by atoms with Crippen molar-refractivity contribution in [1.82, 2.24) is 17.9 Å². The van der Waals surface area contributed by atoms with Gasteiger partial charge >= 0.3 is 0 Å². The number of nitrogens with zero attached hydrogens (tertiary/aromatic N) is 4. The molecule has 0 aliphatic rings. The Morgan fingerprint density at radius 3 is 1.09 bits per heavy atom. The molecule has 250 valence electrons. The molecule has 13 rings (SSSR count). The summed E-state index contributed by atoms with van der Waals surface area (Å²) in [5.41, 5.74) is 11.7. The van der Waals surface area contributed by atoms with Crippen molar-refractivity contribution in [3.05, 3.63) is 180 Å². The van der Waals surface area contributed by atoms with Crippen LogP contribution in [0.15, 0.2) is 175 Å². The van der Waals surface area contributed by atoms with Gasteiger partial charge in [0.25, 0.3) is 5.56 Å². The predicted molar refractivity (Wildman–Crippen MR) is 225 cm³/mol. The Bertz CT molecular complexity index is 3710. The molecular weight excluding hydrogens is 661 g/mol. The molecule has 54 heavy (non-hydrogen) atoms.